The number of carboxylic acids is 1. The summed E-state index contributed by atoms with van der Waals surface area (Å²) < 4.78 is 28.6. The van der Waals surface area contributed by atoms with Gasteiger partial charge in [0.2, 0.25) is 6.29 Å². The van der Waals surface area contributed by atoms with Gasteiger partial charge in [-0.3, -0.25) is 4.79 Å². The fraction of sp³-hybridized carbons (Fsp3) is 0.395. The van der Waals surface area contributed by atoms with Crippen LogP contribution in [0.4, 0.5) is 0 Å². The summed E-state index contributed by atoms with van der Waals surface area (Å²) in [6.07, 6.45) is -15.0. The molecule has 7 rings (SSSR count). The summed E-state index contributed by atoms with van der Waals surface area (Å²) in [5.41, 5.74) is 5.00. The monoisotopic (exact) mass is 843 g/mol. The predicted molar refractivity (Wildman–Crippen MR) is 199 cm³/mol. The second kappa shape index (κ2) is 16.0. The van der Waals surface area contributed by atoms with E-state index in [2.05, 4.69) is 10.6 Å². The van der Waals surface area contributed by atoms with Crippen molar-refractivity contribution in [2.45, 2.75) is 79.4 Å². The first kappa shape index (κ1) is 42.3. The molecule has 15 N–H and O–H groups in total. The third-order valence-corrected chi connectivity index (χ3v) is 10.6. The number of likely N-dealkylation sites (N-methyl/N-ethyl adjacent to an activating group) is 1. The standard InChI is InChI=1S/C38H41N3O19/c1-40-21-8-15(13-2-3-22(39)41-11-13)23-20(10-19-24(26(23)46)16(43)9-18(56-19)14-6-12(4-5-42)25(45)17(44)7-14)59-38(21)34(52)30(50)29(49)33(60-38)36(55)58-37-31(51)27(47)28(48)32(57-37)35(53)54/h2-3,6-11,15,22,27-34,37,40-42,44-52H,4-5,39H2,1H3,(H,53,54). The predicted octanol–water partition coefficient (Wildman–Crippen LogP) is -3.37. The Bertz CT molecular complexity index is 2360. The number of ether oxygens (including phenoxy) is 4. The smallest absolute Gasteiger partial charge is 0.340 e. The second-order valence-corrected chi connectivity index (χ2v) is 14.4. The van der Waals surface area contributed by atoms with Crippen LogP contribution in [0.15, 0.2) is 69.2 Å². The van der Waals surface area contributed by atoms with Gasteiger partial charge in [0.1, 0.15) is 58.7 Å². The number of aliphatic carboxylic acids is 1. The second-order valence-electron chi connectivity index (χ2n) is 14.4. The Labute approximate surface area is 336 Å². The van der Waals surface area contributed by atoms with Crippen LogP contribution in [0.5, 0.6) is 23.0 Å². The number of aliphatic hydroxyl groups is 7. The van der Waals surface area contributed by atoms with Gasteiger partial charge in [-0.2, -0.15) is 0 Å². The van der Waals surface area contributed by atoms with Gasteiger partial charge in [-0.1, -0.05) is 6.08 Å². The van der Waals surface area contributed by atoms with Crippen molar-refractivity contribution >= 4 is 22.9 Å². The number of hydrogen-bond donors (Lipinski definition) is 14. The number of rotatable bonds is 8. The minimum absolute atomic E-state index is 0.0739. The zero-order valence-electron chi connectivity index (χ0n) is 31.1. The number of phenolic OH excluding ortho intramolecular Hbond substituents is 3. The average Bonchev–Trinajstić information content (AvgIpc) is 3.35. The van der Waals surface area contributed by atoms with Crippen molar-refractivity contribution in [3.63, 3.8) is 0 Å². The number of phenols is 3. The summed E-state index contributed by atoms with van der Waals surface area (Å²) in [6.45, 7) is -0.402. The summed E-state index contributed by atoms with van der Waals surface area (Å²) in [5, 5.41) is 122. The van der Waals surface area contributed by atoms with Crippen LogP contribution >= 0.6 is 0 Å². The van der Waals surface area contributed by atoms with E-state index in [-0.39, 0.29) is 45.5 Å². The number of esters is 1. The van der Waals surface area contributed by atoms with E-state index in [1.165, 1.54) is 25.4 Å². The fourth-order valence-electron chi connectivity index (χ4n) is 7.51. The Morgan fingerprint density at radius 2 is 1.67 bits per heavy atom. The zero-order valence-corrected chi connectivity index (χ0v) is 31.1. The molecule has 0 saturated carbocycles. The maximum Gasteiger partial charge on any atom is 0.340 e. The minimum Gasteiger partial charge on any atom is -0.507 e. The van der Waals surface area contributed by atoms with Crippen LogP contribution in [0.25, 0.3) is 22.3 Å². The van der Waals surface area contributed by atoms with Crippen molar-refractivity contribution in [1.29, 1.82) is 0 Å². The molecule has 1 aromatic heterocycles. The number of carbonyl (C=O) groups excluding carboxylic acids is 1. The van der Waals surface area contributed by atoms with E-state index in [0.29, 0.717) is 5.57 Å². The van der Waals surface area contributed by atoms with Gasteiger partial charge in [0.15, 0.2) is 35.2 Å². The maximum absolute atomic E-state index is 13.8. The number of carboxylic acid groups (broad SMARTS) is 1. The molecular formula is C38H41N3O19. The molecule has 60 heavy (non-hydrogen) atoms. The lowest BCUT2D eigenvalue weighted by atomic mass is 9.85. The molecule has 2 fully saturated rings. The number of benzene rings is 2. The Morgan fingerprint density at radius 3 is 2.32 bits per heavy atom. The number of hydrogen-bond acceptors (Lipinski definition) is 21. The summed E-state index contributed by atoms with van der Waals surface area (Å²) in [6, 6.07) is 4.58. The van der Waals surface area contributed by atoms with E-state index in [9.17, 15) is 70.6 Å². The summed E-state index contributed by atoms with van der Waals surface area (Å²) in [7, 11) is 1.33. The van der Waals surface area contributed by atoms with Crippen LogP contribution in [0, 0.1) is 0 Å². The van der Waals surface area contributed by atoms with Gasteiger partial charge in [0.05, 0.1) is 11.9 Å². The van der Waals surface area contributed by atoms with Gasteiger partial charge >= 0.3 is 11.9 Å². The van der Waals surface area contributed by atoms with Crippen LogP contribution in [-0.2, 0) is 30.2 Å². The van der Waals surface area contributed by atoms with Crippen molar-refractivity contribution in [3.8, 4) is 34.3 Å². The number of nitrogens with two attached hydrogens (primary N) is 1. The summed E-state index contributed by atoms with van der Waals surface area (Å²) >= 11 is 0. The molecule has 22 heteroatoms. The number of dihydropyridines is 1. The maximum atomic E-state index is 13.8. The van der Waals surface area contributed by atoms with Crippen LogP contribution in [-0.4, -0.2) is 149 Å². The highest BCUT2D eigenvalue weighted by molar-refractivity contribution is 5.89. The highest BCUT2D eigenvalue weighted by atomic mass is 16.8. The molecule has 12 unspecified atom stereocenters. The fourth-order valence-corrected chi connectivity index (χ4v) is 7.51. The zero-order chi connectivity index (χ0) is 43.5. The molecule has 12 atom stereocenters. The summed E-state index contributed by atoms with van der Waals surface area (Å²) in [5.74, 6) is -9.71. The molecule has 0 bridgehead atoms. The highest BCUT2D eigenvalue weighted by Crippen LogP contribution is 2.51. The van der Waals surface area contributed by atoms with E-state index in [1.54, 1.807) is 12.2 Å². The molecule has 22 nitrogen and oxygen atoms in total. The van der Waals surface area contributed by atoms with Gasteiger partial charge in [-0.05, 0) is 36.3 Å². The summed E-state index contributed by atoms with van der Waals surface area (Å²) in [4.78, 5) is 39.2. The van der Waals surface area contributed by atoms with Gasteiger partial charge < -0.3 is 95.9 Å². The van der Waals surface area contributed by atoms with Crippen molar-refractivity contribution in [2.75, 3.05) is 13.7 Å². The van der Waals surface area contributed by atoms with Crippen LogP contribution in [0.3, 0.4) is 0 Å². The molecule has 4 aliphatic rings. The largest absolute Gasteiger partial charge is 0.507 e. The lowest BCUT2D eigenvalue weighted by Crippen LogP contribution is -2.70. The molecule has 5 heterocycles. The van der Waals surface area contributed by atoms with Gasteiger partial charge in [-0.15, -0.1) is 0 Å². The van der Waals surface area contributed by atoms with E-state index >= 15 is 0 Å². The third-order valence-electron chi connectivity index (χ3n) is 10.6. The van der Waals surface area contributed by atoms with Gasteiger partial charge in [-0.25, -0.2) is 9.59 Å². The van der Waals surface area contributed by atoms with Crippen LogP contribution in [0.1, 0.15) is 17.0 Å². The molecule has 2 saturated heterocycles. The topological polar surface area (TPSA) is 374 Å². The van der Waals surface area contributed by atoms with E-state index in [4.69, 9.17) is 29.1 Å². The number of fused-ring (bicyclic) bond motifs is 2. The normalized spacial score (nSPS) is 32.5. The van der Waals surface area contributed by atoms with E-state index in [0.717, 1.165) is 18.2 Å². The molecule has 4 aliphatic heterocycles. The van der Waals surface area contributed by atoms with Crippen molar-refractivity contribution in [2.24, 2.45) is 5.73 Å². The molecular weight excluding hydrogens is 802 g/mol. The number of aliphatic hydroxyl groups excluding tert-OH is 7. The van der Waals surface area contributed by atoms with Crippen molar-refractivity contribution in [1.82, 2.24) is 10.6 Å². The van der Waals surface area contributed by atoms with Crippen molar-refractivity contribution < 1.29 is 89.1 Å². The van der Waals surface area contributed by atoms with Crippen LogP contribution < -0.4 is 26.5 Å². The molecule has 322 valence electrons. The Kier molecular flexibility index (Phi) is 11.3. The average molecular weight is 844 g/mol. The number of aromatic hydroxyl groups is 3. The molecule has 0 amide bonds. The Balaban J connectivity index is 1.37. The lowest BCUT2D eigenvalue weighted by Gasteiger charge is -2.48. The number of allylic oxidation sites excluding steroid dienone is 3. The molecule has 1 spiro atoms. The highest BCUT2D eigenvalue weighted by Gasteiger charge is 2.62. The number of nitrogens with one attached hydrogen (secondary N) is 2. The van der Waals surface area contributed by atoms with Crippen LogP contribution in [0.2, 0.25) is 0 Å². The molecule has 2 aromatic carbocycles. The van der Waals surface area contributed by atoms with Gasteiger partial charge in [0, 0.05) is 54.6 Å². The Morgan fingerprint density at radius 1 is 0.950 bits per heavy atom. The van der Waals surface area contributed by atoms with E-state index < -0.39 is 120 Å². The van der Waals surface area contributed by atoms with Gasteiger partial charge in [0.25, 0.3) is 5.79 Å². The first-order chi connectivity index (χ1) is 28.4. The Hall–Kier alpha value is -5.79. The molecule has 0 radical (unpaired) electrons. The first-order valence-corrected chi connectivity index (χ1v) is 18.3. The third kappa shape index (κ3) is 7.07. The molecule has 0 aliphatic carbocycles. The SMILES string of the molecule is CNC1=CC(C2=CNC(N)C=C2)c2c(cc3oc(-c4cc(O)c(O)c(CCO)c4)cc(=O)c3c2O)OC12OC(C(=O)OC1OC(C(=O)O)C(O)C(O)C1O)C(O)C(O)C2O. The first-order valence-electron chi connectivity index (χ1n) is 18.3. The minimum atomic E-state index is -2.76. The molecule has 3 aromatic rings. The quantitative estimate of drug-likeness (QED) is 0.0777. The number of carbonyl (C=O) groups is 2. The van der Waals surface area contributed by atoms with E-state index in [1.807, 2.05) is 0 Å². The lowest BCUT2D eigenvalue weighted by molar-refractivity contribution is -0.325. The van der Waals surface area contributed by atoms with Crippen molar-refractivity contribution in [3.05, 3.63) is 81.3 Å².